The second-order valence-electron chi connectivity index (χ2n) is 13.8. The van der Waals surface area contributed by atoms with Crippen LogP contribution in [0.15, 0.2) is 61.2 Å². The van der Waals surface area contributed by atoms with Crippen LogP contribution in [0.1, 0.15) is 79.6 Å². The minimum atomic E-state index is 0.904. The summed E-state index contributed by atoms with van der Waals surface area (Å²) in [6, 6.07) is 17.8. The van der Waals surface area contributed by atoms with Gasteiger partial charge in [0.05, 0.1) is 13.1 Å². The number of fused-ring (bicyclic) bond motifs is 2. The number of hydrogen-bond acceptors (Lipinski definition) is 0. The van der Waals surface area contributed by atoms with E-state index in [0.29, 0.717) is 0 Å². The van der Waals surface area contributed by atoms with Gasteiger partial charge in [-0.05, 0) is 173 Å². The highest BCUT2D eigenvalue weighted by molar-refractivity contribution is 5.72. The lowest BCUT2D eigenvalue weighted by Crippen LogP contribution is -2.34. The normalized spacial score (nSPS) is 11.8. The molecule has 0 bridgehead atoms. The number of hydrogen-bond donors (Lipinski definition) is 0. The van der Waals surface area contributed by atoms with Crippen molar-refractivity contribution >= 4 is 22.1 Å². The van der Waals surface area contributed by atoms with Gasteiger partial charge in [-0.1, -0.05) is 24.3 Å². The lowest BCUT2D eigenvalue weighted by Gasteiger charge is -2.17. The molecule has 2 aromatic heterocycles. The highest BCUT2D eigenvalue weighted by Crippen LogP contribution is 2.28. The number of rotatable bonds is 9. The smallest absolute Gasteiger partial charge is 0.230 e. The fourth-order valence-electron chi connectivity index (χ4n) is 7.63. The minimum Gasteiger partial charge on any atom is -0.230 e. The second-order valence-corrected chi connectivity index (χ2v) is 13.8. The molecule has 0 spiro atoms. The third-order valence-electron chi connectivity index (χ3n) is 11.6. The summed E-state index contributed by atoms with van der Waals surface area (Å²) in [4.78, 5) is 0. The molecule has 0 aliphatic rings. The van der Waals surface area contributed by atoms with Gasteiger partial charge in [0.2, 0.25) is 12.7 Å². The first kappa shape index (κ1) is 31.8. The van der Waals surface area contributed by atoms with Crippen LogP contribution < -0.4 is 9.13 Å². The molecule has 4 nitrogen and oxygen atoms in total. The maximum Gasteiger partial charge on any atom is 0.245 e. The van der Waals surface area contributed by atoms with Crippen molar-refractivity contribution in [3.8, 4) is 0 Å². The average molecular weight is 613 g/mol. The molecule has 0 atom stereocenters. The molecule has 0 saturated carbocycles. The van der Waals surface area contributed by atoms with E-state index in [-0.39, 0.29) is 0 Å². The van der Waals surface area contributed by atoms with Crippen LogP contribution in [0.4, 0.5) is 0 Å². The Kier molecular flexibility index (Phi) is 8.67. The Morgan fingerprint density at radius 1 is 0.413 bits per heavy atom. The molecule has 0 radical (unpaired) electrons. The van der Waals surface area contributed by atoms with Crippen molar-refractivity contribution in [1.29, 1.82) is 0 Å². The van der Waals surface area contributed by atoms with Crippen LogP contribution in [0, 0.1) is 69.2 Å². The number of imidazole rings is 2. The first-order valence-corrected chi connectivity index (χ1v) is 17.1. The zero-order valence-corrected chi connectivity index (χ0v) is 29.8. The van der Waals surface area contributed by atoms with E-state index < -0.39 is 0 Å². The zero-order valence-electron chi connectivity index (χ0n) is 29.8. The van der Waals surface area contributed by atoms with Gasteiger partial charge in [-0.3, -0.25) is 0 Å². The molecule has 0 aliphatic heterocycles. The molecule has 0 aliphatic carbocycles. The molecule has 4 heteroatoms. The molecule has 0 amide bonds. The summed E-state index contributed by atoms with van der Waals surface area (Å²) in [7, 11) is 0. The molecule has 46 heavy (non-hydrogen) atoms. The van der Waals surface area contributed by atoms with Gasteiger partial charge < -0.3 is 0 Å². The van der Waals surface area contributed by atoms with Crippen molar-refractivity contribution in [2.45, 2.75) is 108 Å². The molecule has 0 fully saturated rings. The van der Waals surface area contributed by atoms with Gasteiger partial charge in [0, 0.05) is 0 Å². The number of para-hydroxylation sites is 4. The molecular weight excluding hydrogens is 560 g/mol. The summed E-state index contributed by atoms with van der Waals surface area (Å²) >= 11 is 0. The van der Waals surface area contributed by atoms with Crippen molar-refractivity contribution in [3.05, 3.63) is 128 Å². The SMILES string of the molecule is Cc1c(C)c(C)c(C[n+]2cn(CCCCn3c[n+](Cc4c(C)c(C)c(C)c(C)c4C)c4ccccc43)c3ccccc32)c(C)c1C. The molecule has 4 aromatic carbocycles. The number of aromatic nitrogens is 4. The quantitative estimate of drug-likeness (QED) is 0.115. The standard InChI is InChI=1S/C42H52N4/c1-27-29(3)33(7)37(34(8)30(27)4)23-45-25-43(39-17-11-13-19-41(39)45)21-15-16-22-44-26-46(42-20-14-12-18-40(42)44)24-38-35(9)31(5)28(2)32(6)36(38)10/h11-14,17-20,25-26H,15-16,21-24H2,1-10H3/q+2. The molecule has 6 rings (SSSR count). The van der Waals surface area contributed by atoms with Crippen LogP contribution in [0.5, 0.6) is 0 Å². The Balaban J connectivity index is 1.21. The van der Waals surface area contributed by atoms with Gasteiger partial charge in [-0.2, -0.15) is 0 Å². The van der Waals surface area contributed by atoms with Crippen LogP contribution in [0.25, 0.3) is 22.1 Å². The van der Waals surface area contributed by atoms with Crippen molar-refractivity contribution in [2.24, 2.45) is 0 Å². The van der Waals surface area contributed by atoms with Crippen LogP contribution >= 0.6 is 0 Å². The maximum absolute atomic E-state index is 2.47. The van der Waals surface area contributed by atoms with E-state index in [1.807, 2.05) is 0 Å². The van der Waals surface area contributed by atoms with E-state index in [1.54, 1.807) is 0 Å². The fourth-order valence-corrected chi connectivity index (χ4v) is 7.63. The van der Waals surface area contributed by atoms with Crippen molar-refractivity contribution < 1.29 is 9.13 Å². The van der Waals surface area contributed by atoms with Gasteiger partial charge in [0.1, 0.15) is 13.1 Å². The molecule has 0 unspecified atom stereocenters. The lowest BCUT2D eigenvalue weighted by molar-refractivity contribution is -0.663. The maximum atomic E-state index is 2.47. The predicted octanol–water partition coefficient (Wildman–Crippen LogP) is 8.83. The molecular formula is C42H52N4+2. The van der Waals surface area contributed by atoms with Crippen LogP contribution in [0.3, 0.4) is 0 Å². The van der Waals surface area contributed by atoms with Crippen molar-refractivity contribution in [1.82, 2.24) is 9.13 Å². The summed E-state index contributed by atoms with van der Waals surface area (Å²) < 4.78 is 9.85. The number of aryl methyl sites for hydroxylation is 2. The zero-order chi connectivity index (χ0) is 32.9. The lowest BCUT2D eigenvalue weighted by atomic mass is 9.89. The highest BCUT2D eigenvalue weighted by atomic mass is 15.1. The van der Waals surface area contributed by atoms with E-state index in [1.165, 1.54) is 88.8 Å². The molecule has 238 valence electrons. The van der Waals surface area contributed by atoms with Gasteiger partial charge in [-0.25, -0.2) is 18.3 Å². The molecule has 0 saturated heterocycles. The van der Waals surface area contributed by atoms with E-state index >= 15 is 0 Å². The summed E-state index contributed by atoms with van der Waals surface area (Å²) in [5.74, 6) is 0. The number of nitrogens with zero attached hydrogens (tertiary/aromatic N) is 4. The van der Waals surface area contributed by atoms with E-state index in [2.05, 4.69) is 149 Å². The topological polar surface area (TPSA) is 17.6 Å². The molecule has 2 heterocycles. The third-order valence-corrected chi connectivity index (χ3v) is 11.6. The second kappa shape index (κ2) is 12.5. The Morgan fingerprint density at radius 2 is 0.717 bits per heavy atom. The summed E-state index contributed by atoms with van der Waals surface area (Å²) in [6.45, 7) is 26.6. The largest absolute Gasteiger partial charge is 0.245 e. The van der Waals surface area contributed by atoms with Gasteiger partial charge in [0.15, 0.2) is 22.1 Å². The van der Waals surface area contributed by atoms with Gasteiger partial charge in [-0.15, -0.1) is 0 Å². The minimum absolute atomic E-state index is 0.904. The fraction of sp³-hybridized carbons (Fsp3) is 0.381. The van der Waals surface area contributed by atoms with Crippen LogP contribution in [-0.2, 0) is 26.2 Å². The Bertz CT molecular complexity index is 1890. The monoisotopic (exact) mass is 612 g/mol. The van der Waals surface area contributed by atoms with Crippen molar-refractivity contribution in [3.63, 3.8) is 0 Å². The van der Waals surface area contributed by atoms with E-state index in [4.69, 9.17) is 0 Å². The Hall–Kier alpha value is -4.18. The van der Waals surface area contributed by atoms with Gasteiger partial charge >= 0.3 is 0 Å². The summed E-state index contributed by atoms with van der Waals surface area (Å²) in [6.07, 6.45) is 6.95. The number of unbranched alkanes of at least 4 members (excludes halogenated alkanes) is 1. The highest BCUT2D eigenvalue weighted by Gasteiger charge is 2.21. The van der Waals surface area contributed by atoms with Gasteiger partial charge in [0.25, 0.3) is 0 Å². The Morgan fingerprint density at radius 3 is 1.07 bits per heavy atom. The van der Waals surface area contributed by atoms with Crippen molar-refractivity contribution in [2.75, 3.05) is 0 Å². The average Bonchev–Trinajstić information content (AvgIpc) is 3.60. The number of benzene rings is 4. The first-order chi connectivity index (χ1) is 22.0. The predicted molar refractivity (Wildman–Crippen MR) is 192 cm³/mol. The first-order valence-electron chi connectivity index (χ1n) is 17.1. The third kappa shape index (κ3) is 5.46. The molecule has 6 aromatic rings. The van der Waals surface area contributed by atoms with Crippen LogP contribution in [0.2, 0.25) is 0 Å². The summed E-state index contributed by atoms with van der Waals surface area (Å²) in [5.41, 5.74) is 22.5. The Labute approximate surface area is 276 Å². The van der Waals surface area contributed by atoms with E-state index in [0.717, 1.165) is 39.0 Å². The van der Waals surface area contributed by atoms with E-state index in [9.17, 15) is 0 Å². The summed E-state index contributed by atoms with van der Waals surface area (Å²) in [5, 5.41) is 0. The van der Waals surface area contributed by atoms with Crippen LogP contribution in [-0.4, -0.2) is 9.13 Å². The molecule has 0 N–H and O–H groups in total.